The molecule has 0 aliphatic heterocycles. The van der Waals surface area contributed by atoms with E-state index in [2.05, 4.69) is 41.5 Å². The molecule has 4 heteroatoms. The van der Waals surface area contributed by atoms with E-state index >= 15 is 0 Å². The lowest BCUT2D eigenvalue weighted by Crippen LogP contribution is -2.15. The van der Waals surface area contributed by atoms with Gasteiger partial charge in [0, 0.05) is 43.3 Å². The van der Waals surface area contributed by atoms with Crippen molar-refractivity contribution in [3.05, 3.63) is 0 Å². The van der Waals surface area contributed by atoms with Gasteiger partial charge in [0.05, 0.1) is 0 Å². The average molecular weight is 283 g/mol. The molecule has 0 radical (unpaired) electrons. The lowest BCUT2D eigenvalue weighted by atomic mass is 10.3. The predicted molar refractivity (Wildman–Crippen MR) is 82.3 cm³/mol. The summed E-state index contributed by atoms with van der Waals surface area (Å²) >= 11 is 3.80. The summed E-state index contributed by atoms with van der Waals surface area (Å²) < 4.78 is 12.3. The lowest BCUT2D eigenvalue weighted by Gasteiger charge is -2.18. The quantitative estimate of drug-likeness (QED) is 0.737. The molecule has 16 heavy (non-hydrogen) atoms. The highest BCUT2D eigenvalue weighted by atomic mass is 32.2. The Bertz CT molecular complexity index is 191. The maximum absolute atomic E-state index is 11.7. The van der Waals surface area contributed by atoms with Gasteiger partial charge in [-0.05, 0) is 0 Å². The van der Waals surface area contributed by atoms with Crippen molar-refractivity contribution in [2.75, 3.05) is 23.0 Å². The zero-order valence-electron chi connectivity index (χ0n) is 11.5. The Morgan fingerprint density at radius 2 is 1.12 bits per heavy atom. The van der Waals surface area contributed by atoms with E-state index in [1.807, 2.05) is 23.5 Å². The van der Waals surface area contributed by atoms with E-state index < -0.39 is 10.8 Å². The first-order chi connectivity index (χ1) is 7.10. The maximum atomic E-state index is 11.7. The molecule has 0 N–H and O–H groups in total. The minimum atomic E-state index is -0.631. The minimum Gasteiger partial charge on any atom is -0.260 e. The standard InChI is InChI=1S/C12H26OS3/c1-11(2,3)14-7-9-16(13)10-8-15-12(4,5)6/h7-10H2,1-6H3. The third-order valence-electron chi connectivity index (χ3n) is 1.69. The molecule has 0 aliphatic rings. The van der Waals surface area contributed by atoms with Gasteiger partial charge < -0.3 is 0 Å². The number of hydrogen-bond donors (Lipinski definition) is 0. The summed E-state index contributed by atoms with van der Waals surface area (Å²) in [7, 11) is -0.631. The van der Waals surface area contributed by atoms with E-state index in [0.29, 0.717) is 9.49 Å². The Hall–Kier alpha value is 0.850. The monoisotopic (exact) mass is 282 g/mol. The van der Waals surface area contributed by atoms with Gasteiger partial charge >= 0.3 is 0 Å². The molecule has 0 rings (SSSR count). The van der Waals surface area contributed by atoms with Gasteiger partial charge in [-0.15, -0.1) is 0 Å². The SMILES string of the molecule is CC(C)(C)SCCS(=O)CCSC(C)(C)C. The summed E-state index contributed by atoms with van der Waals surface area (Å²) in [5.74, 6) is 3.70. The van der Waals surface area contributed by atoms with E-state index in [9.17, 15) is 4.21 Å². The highest BCUT2D eigenvalue weighted by Gasteiger charge is 2.13. The molecule has 0 bridgehead atoms. The van der Waals surface area contributed by atoms with Crippen LogP contribution in [0, 0.1) is 0 Å². The molecular weight excluding hydrogens is 256 g/mol. The Kier molecular flexibility index (Phi) is 7.71. The van der Waals surface area contributed by atoms with E-state index in [4.69, 9.17) is 0 Å². The van der Waals surface area contributed by atoms with Crippen molar-refractivity contribution in [2.45, 2.75) is 51.0 Å². The molecule has 0 aromatic heterocycles. The van der Waals surface area contributed by atoms with E-state index in [1.54, 1.807) is 0 Å². The molecule has 0 saturated carbocycles. The van der Waals surface area contributed by atoms with E-state index in [0.717, 1.165) is 23.0 Å². The summed E-state index contributed by atoms with van der Waals surface area (Å²) in [6, 6.07) is 0. The van der Waals surface area contributed by atoms with E-state index in [1.165, 1.54) is 0 Å². The second-order valence-electron chi connectivity index (χ2n) is 5.77. The Morgan fingerprint density at radius 3 is 1.38 bits per heavy atom. The fourth-order valence-corrected chi connectivity index (χ4v) is 4.57. The predicted octanol–water partition coefficient (Wildman–Crippen LogP) is 3.80. The molecule has 0 aromatic rings. The number of rotatable bonds is 6. The highest BCUT2D eigenvalue weighted by molar-refractivity contribution is 8.02. The van der Waals surface area contributed by atoms with Crippen LogP contribution in [0.2, 0.25) is 0 Å². The molecule has 0 aliphatic carbocycles. The fourth-order valence-electron chi connectivity index (χ4n) is 0.984. The fraction of sp³-hybridized carbons (Fsp3) is 1.00. The second kappa shape index (κ2) is 7.32. The van der Waals surface area contributed by atoms with Crippen LogP contribution in [-0.4, -0.2) is 36.7 Å². The van der Waals surface area contributed by atoms with Gasteiger partial charge in [-0.25, -0.2) is 0 Å². The topological polar surface area (TPSA) is 17.1 Å². The van der Waals surface area contributed by atoms with Gasteiger partial charge in [0.1, 0.15) is 0 Å². The molecule has 98 valence electrons. The van der Waals surface area contributed by atoms with Gasteiger partial charge in [-0.2, -0.15) is 23.5 Å². The third-order valence-corrected chi connectivity index (χ3v) is 6.08. The molecule has 1 nitrogen and oxygen atoms in total. The Labute approximate surface area is 112 Å². The number of thioether (sulfide) groups is 2. The molecule has 0 heterocycles. The summed E-state index contributed by atoms with van der Waals surface area (Å²) in [6.07, 6.45) is 0. The van der Waals surface area contributed by atoms with Crippen LogP contribution in [0.25, 0.3) is 0 Å². The zero-order valence-corrected chi connectivity index (χ0v) is 13.9. The van der Waals surface area contributed by atoms with Gasteiger partial charge in [-0.3, -0.25) is 4.21 Å². The highest BCUT2D eigenvalue weighted by Crippen LogP contribution is 2.24. The average Bonchev–Trinajstić information content (AvgIpc) is 1.98. The van der Waals surface area contributed by atoms with Gasteiger partial charge in [0.2, 0.25) is 0 Å². The molecular formula is C12H26OS3. The molecule has 0 atom stereocenters. The maximum Gasteiger partial charge on any atom is 0.0326 e. The lowest BCUT2D eigenvalue weighted by molar-refractivity contribution is 0.685. The van der Waals surface area contributed by atoms with Crippen LogP contribution in [0.1, 0.15) is 41.5 Å². The summed E-state index contributed by atoms with van der Waals surface area (Å²) in [4.78, 5) is 0. The first-order valence-electron chi connectivity index (χ1n) is 5.73. The van der Waals surface area contributed by atoms with Gasteiger partial charge in [0.25, 0.3) is 0 Å². The van der Waals surface area contributed by atoms with Gasteiger partial charge in [0.15, 0.2) is 0 Å². The van der Waals surface area contributed by atoms with Crippen LogP contribution in [0.15, 0.2) is 0 Å². The molecule has 0 aromatic carbocycles. The van der Waals surface area contributed by atoms with Crippen molar-refractivity contribution in [1.82, 2.24) is 0 Å². The van der Waals surface area contributed by atoms with Crippen LogP contribution < -0.4 is 0 Å². The van der Waals surface area contributed by atoms with Crippen LogP contribution in [0.4, 0.5) is 0 Å². The van der Waals surface area contributed by atoms with Crippen LogP contribution in [-0.2, 0) is 10.8 Å². The largest absolute Gasteiger partial charge is 0.260 e. The Morgan fingerprint density at radius 1 is 0.812 bits per heavy atom. The number of hydrogen-bond acceptors (Lipinski definition) is 3. The molecule has 0 spiro atoms. The Balaban J connectivity index is 3.53. The first-order valence-corrected chi connectivity index (χ1v) is 9.19. The zero-order chi connectivity index (χ0) is 12.8. The molecule has 0 fully saturated rings. The van der Waals surface area contributed by atoms with Crippen molar-refractivity contribution in [2.24, 2.45) is 0 Å². The van der Waals surface area contributed by atoms with Crippen molar-refractivity contribution >= 4 is 34.3 Å². The third kappa shape index (κ3) is 12.9. The van der Waals surface area contributed by atoms with Crippen LogP contribution >= 0.6 is 23.5 Å². The van der Waals surface area contributed by atoms with Crippen molar-refractivity contribution in [1.29, 1.82) is 0 Å². The molecule has 0 saturated heterocycles. The van der Waals surface area contributed by atoms with Crippen molar-refractivity contribution < 1.29 is 4.21 Å². The van der Waals surface area contributed by atoms with Crippen molar-refractivity contribution in [3.63, 3.8) is 0 Å². The summed E-state index contributed by atoms with van der Waals surface area (Å²) in [6.45, 7) is 13.2. The minimum absolute atomic E-state index is 0.296. The van der Waals surface area contributed by atoms with Gasteiger partial charge in [-0.1, -0.05) is 41.5 Å². The van der Waals surface area contributed by atoms with E-state index in [-0.39, 0.29) is 0 Å². The summed E-state index contributed by atoms with van der Waals surface area (Å²) in [5.41, 5.74) is 0. The molecule has 0 amide bonds. The first kappa shape index (κ1) is 16.9. The van der Waals surface area contributed by atoms with Crippen LogP contribution in [0.3, 0.4) is 0 Å². The van der Waals surface area contributed by atoms with Crippen LogP contribution in [0.5, 0.6) is 0 Å². The second-order valence-corrected chi connectivity index (χ2v) is 11.3. The summed E-state index contributed by atoms with van der Waals surface area (Å²) in [5, 5.41) is 0. The van der Waals surface area contributed by atoms with Crippen molar-refractivity contribution in [3.8, 4) is 0 Å². The smallest absolute Gasteiger partial charge is 0.0326 e. The molecule has 0 unspecified atom stereocenters. The normalized spacial score (nSPS) is 13.4.